The maximum Gasteiger partial charge on any atom is 0.306 e. The molecule has 48 heavy (non-hydrogen) atoms. The number of rotatable bonds is 23. The van der Waals surface area contributed by atoms with Crippen molar-refractivity contribution in [3.05, 3.63) is 43.1 Å². The van der Waals surface area contributed by atoms with E-state index in [1.54, 1.807) is 12.4 Å². The third-order valence-electron chi connectivity index (χ3n) is 9.67. The minimum absolute atomic E-state index is 0.0387. The Kier molecular flexibility index (Phi) is 16.4. The SMILES string of the molecule is CCCCCCCC/C=C\CCCCCCCCOC(=O)CCC(=O)n1ccc2c(-c3cnn([C@H](CC#N)C4CCCC4)c3)ncnc21. The van der Waals surface area contributed by atoms with Crippen molar-refractivity contribution in [2.45, 2.75) is 148 Å². The van der Waals surface area contributed by atoms with E-state index in [4.69, 9.17) is 4.74 Å². The summed E-state index contributed by atoms with van der Waals surface area (Å²) in [6, 6.07) is 4.21. The van der Waals surface area contributed by atoms with E-state index in [2.05, 4.69) is 40.2 Å². The average Bonchev–Trinajstić information content (AvgIpc) is 3.89. The van der Waals surface area contributed by atoms with Gasteiger partial charge in [0.1, 0.15) is 6.33 Å². The molecule has 260 valence electrons. The molecule has 0 aromatic carbocycles. The molecule has 1 aliphatic carbocycles. The van der Waals surface area contributed by atoms with Gasteiger partial charge in [-0.05, 0) is 56.9 Å². The molecule has 0 N–H and O–H groups in total. The van der Waals surface area contributed by atoms with Gasteiger partial charge in [0.15, 0.2) is 5.65 Å². The lowest BCUT2D eigenvalue weighted by atomic mass is 9.96. The van der Waals surface area contributed by atoms with Crippen LogP contribution in [0.2, 0.25) is 0 Å². The lowest BCUT2D eigenvalue weighted by molar-refractivity contribution is -0.143. The molecule has 1 aliphatic rings. The number of fused-ring (bicyclic) bond motifs is 1. The van der Waals surface area contributed by atoms with Crippen LogP contribution in [0.15, 0.2) is 43.1 Å². The van der Waals surface area contributed by atoms with Gasteiger partial charge in [0, 0.05) is 29.8 Å². The number of nitriles is 1. The molecule has 1 atom stereocenters. The zero-order valence-corrected chi connectivity index (χ0v) is 29.2. The highest BCUT2D eigenvalue weighted by molar-refractivity contribution is 5.97. The first-order valence-corrected chi connectivity index (χ1v) is 18.7. The summed E-state index contributed by atoms with van der Waals surface area (Å²) < 4.78 is 8.80. The fourth-order valence-electron chi connectivity index (χ4n) is 6.87. The predicted molar refractivity (Wildman–Crippen MR) is 190 cm³/mol. The highest BCUT2D eigenvalue weighted by atomic mass is 16.5. The molecule has 0 unspecified atom stereocenters. The van der Waals surface area contributed by atoms with Gasteiger partial charge in [-0.2, -0.15) is 10.4 Å². The number of carbonyl (C=O) groups excluding carboxylic acids is 2. The van der Waals surface area contributed by atoms with Gasteiger partial charge in [0.25, 0.3) is 0 Å². The molecule has 0 saturated heterocycles. The third kappa shape index (κ3) is 11.7. The quantitative estimate of drug-likeness (QED) is 0.0566. The number of carbonyl (C=O) groups is 2. The summed E-state index contributed by atoms with van der Waals surface area (Å²) in [6.07, 6.45) is 34.0. The fraction of sp³-hybridized carbons (Fsp3) is 0.641. The first kappa shape index (κ1) is 37.0. The topological polar surface area (TPSA) is 116 Å². The normalized spacial score (nSPS) is 14.2. The predicted octanol–water partition coefficient (Wildman–Crippen LogP) is 9.94. The van der Waals surface area contributed by atoms with Gasteiger partial charge in [-0.1, -0.05) is 89.7 Å². The third-order valence-corrected chi connectivity index (χ3v) is 9.67. The van der Waals surface area contributed by atoms with Crippen molar-refractivity contribution in [2.75, 3.05) is 6.61 Å². The van der Waals surface area contributed by atoms with Gasteiger partial charge >= 0.3 is 5.97 Å². The molecule has 9 nitrogen and oxygen atoms in total. The Morgan fingerprint density at radius 3 is 2.35 bits per heavy atom. The molecular formula is C39H56N6O3. The summed E-state index contributed by atoms with van der Waals surface area (Å²) in [6.45, 7) is 2.67. The van der Waals surface area contributed by atoms with E-state index in [0.717, 1.165) is 43.1 Å². The van der Waals surface area contributed by atoms with Crippen LogP contribution in [-0.2, 0) is 9.53 Å². The van der Waals surface area contributed by atoms with E-state index in [9.17, 15) is 14.9 Å². The molecule has 0 amide bonds. The van der Waals surface area contributed by atoms with Gasteiger partial charge in [-0.15, -0.1) is 0 Å². The Balaban J connectivity index is 1.11. The van der Waals surface area contributed by atoms with E-state index in [-0.39, 0.29) is 30.8 Å². The van der Waals surface area contributed by atoms with Gasteiger partial charge < -0.3 is 4.74 Å². The van der Waals surface area contributed by atoms with Crippen LogP contribution in [0.1, 0.15) is 153 Å². The van der Waals surface area contributed by atoms with Crippen LogP contribution in [-0.4, -0.2) is 42.8 Å². The zero-order chi connectivity index (χ0) is 33.8. The van der Waals surface area contributed by atoms with E-state index in [1.165, 1.54) is 94.4 Å². The summed E-state index contributed by atoms with van der Waals surface area (Å²) in [5.74, 6) is -0.0977. The van der Waals surface area contributed by atoms with Crippen LogP contribution in [0, 0.1) is 17.2 Å². The molecule has 0 spiro atoms. The molecule has 1 fully saturated rings. The van der Waals surface area contributed by atoms with Crippen molar-refractivity contribution in [3.8, 4) is 17.3 Å². The monoisotopic (exact) mass is 656 g/mol. The maximum absolute atomic E-state index is 13.1. The minimum Gasteiger partial charge on any atom is -0.466 e. The molecule has 0 aliphatic heterocycles. The van der Waals surface area contributed by atoms with Crippen molar-refractivity contribution in [3.63, 3.8) is 0 Å². The minimum atomic E-state index is -0.343. The molecule has 3 aromatic rings. The highest BCUT2D eigenvalue weighted by Gasteiger charge is 2.27. The van der Waals surface area contributed by atoms with E-state index >= 15 is 0 Å². The molecule has 1 saturated carbocycles. The van der Waals surface area contributed by atoms with Crippen LogP contribution >= 0.6 is 0 Å². The lowest BCUT2D eigenvalue weighted by Crippen LogP contribution is -2.17. The maximum atomic E-state index is 13.1. The Morgan fingerprint density at radius 2 is 1.65 bits per heavy atom. The first-order valence-electron chi connectivity index (χ1n) is 18.7. The van der Waals surface area contributed by atoms with Gasteiger partial charge in [0.2, 0.25) is 5.91 Å². The first-order chi connectivity index (χ1) is 23.6. The van der Waals surface area contributed by atoms with Crippen molar-refractivity contribution >= 4 is 22.9 Å². The number of aromatic nitrogens is 5. The number of ether oxygens (including phenoxy) is 1. The van der Waals surface area contributed by atoms with Crippen LogP contribution < -0.4 is 0 Å². The van der Waals surface area contributed by atoms with Crippen molar-refractivity contribution < 1.29 is 14.3 Å². The molecular weight excluding hydrogens is 600 g/mol. The summed E-state index contributed by atoms with van der Waals surface area (Å²) in [7, 11) is 0. The van der Waals surface area contributed by atoms with Crippen molar-refractivity contribution in [2.24, 2.45) is 5.92 Å². The largest absolute Gasteiger partial charge is 0.466 e. The van der Waals surface area contributed by atoms with Crippen LogP contribution in [0.25, 0.3) is 22.3 Å². The second-order valence-electron chi connectivity index (χ2n) is 13.4. The van der Waals surface area contributed by atoms with Gasteiger partial charge in [-0.25, -0.2) is 9.97 Å². The Bertz CT molecular complexity index is 1460. The fourth-order valence-corrected chi connectivity index (χ4v) is 6.87. The van der Waals surface area contributed by atoms with Crippen LogP contribution in [0.4, 0.5) is 0 Å². The van der Waals surface area contributed by atoms with E-state index in [1.807, 2.05) is 16.9 Å². The highest BCUT2D eigenvalue weighted by Crippen LogP contribution is 2.37. The van der Waals surface area contributed by atoms with Crippen molar-refractivity contribution in [1.29, 1.82) is 5.26 Å². The number of unbranched alkanes of at least 4 members (excludes halogenated alkanes) is 12. The smallest absolute Gasteiger partial charge is 0.306 e. The van der Waals surface area contributed by atoms with E-state index < -0.39 is 0 Å². The summed E-state index contributed by atoms with van der Waals surface area (Å²) >= 11 is 0. The number of allylic oxidation sites excluding steroid dienone is 2. The average molecular weight is 657 g/mol. The lowest BCUT2D eigenvalue weighted by Gasteiger charge is -2.21. The molecule has 0 bridgehead atoms. The standard InChI is InChI=1S/C39H56N6O3/c1-2-3-4-5-6-7-8-9-10-11-12-13-14-15-16-19-28-48-37(47)23-22-36(46)44-27-25-34-38(41-31-42-39(34)44)33-29-43-45(30-33)35(24-26-40)32-20-17-18-21-32/h9-10,25,27,29-32,35H,2-8,11-24,28H2,1H3/b10-9-/t35-/m1/s1. The van der Waals surface area contributed by atoms with Crippen molar-refractivity contribution in [1.82, 2.24) is 24.3 Å². The Hall–Kier alpha value is -3.80. The molecule has 4 rings (SSSR count). The Labute approximate surface area is 287 Å². The summed E-state index contributed by atoms with van der Waals surface area (Å²) in [5, 5.41) is 14.8. The second-order valence-corrected chi connectivity index (χ2v) is 13.4. The van der Waals surface area contributed by atoms with Gasteiger partial charge in [-0.3, -0.25) is 18.8 Å². The molecule has 9 heteroatoms. The Morgan fingerprint density at radius 1 is 0.958 bits per heavy atom. The van der Waals surface area contributed by atoms with Crippen LogP contribution in [0.3, 0.4) is 0 Å². The summed E-state index contributed by atoms with van der Waals surface area (Å²) in [5.41, 5.74) is 2.01. The van der Waals surface area contributed by atoms with Gasteiger partial charge in [0.05, 0.1) is 43.5 Å². The van der Waals surface area contributed by atoms with Crippen LogP contribution in [0.5, 0.6) is 0 Å². The number of hydrogen-bond acceptors (Lipinski definition) is 7. The molecule has 0 radical (unpaired) electrons. The number of esters is 1. The second kappa shape index (κ2) is 21.2. The molecule has 3 heterocycles. The molecule has 3 aromatic heterocycles. The number of nitrogens with zero attached hydrogens (tertiary/aromatic N) is 6. The summed E-state index contributed by atoms with van der Waals surface area (Å²) in [4.78, 5) is 34.3. The van der Waals surface area contributed by atoms with E-state index in [0.29, 0.717) is 30.3 Å². The number of hydrogen-bond donors (Lipinski definition) is 0. The zero-order valence-electron chi connectivity index (χ0n) is 29.2.